The van der Waals surface area contributed by atoms with Gasteiger partial charge in [0.05, 0.1) is 6.04 Å². The summed E-state index contributed by atoms with van der Waals surface area (Å²) < 4.78 is 20.1. The number of aromatic nitrogens is 1. The van der Waals surface area contributed by atoms with E-state index in [1.807, 2.05) is 12.1 Å². The van der Waals surface area contributed by atoms with Gasteiger partial charge in [-0.15, -0.1) is 11.3 Å². The second-order valence-corrected chi connectivity index (χ2v) is 9.78. The number of rotatable bonds is 7. The van der Waals surface area contributed by atoms with E-state index in [0.717, 1.165) is 30.2 Å². The molecule has 0 spiro atoms. The molecule has 0 aliphatic heterocycles. The van der Waals surface area contributed by atoms with Gasteiger partial charge < -0.3 is 20.7 Å². The molecule has 178 valence electrons. The highest BCUT2D eigenvalue weighted by Gasteiger charge is 2.28. The van der Waals surface area contributed by atoms with Crippen LogP contribution in [0.1, 0.15) is 41.2 Å². The Hall–Kier alpha value is -2.98. The second kappa shape index (κ2) is 11.4. The molecule has 34 heavy (non-hydrogen) atoms. The summed E-state index contributed by atoms with van der Waals surface area (Å²) in [6.45, 7) is 0.0721. The molecule has 3 aromatic rings. The fourth-order valence-electron chi connectivity index (χ4n) is 3.77. The number of carbonyl (C=O) groups excluding carboxylic acids is 2. The standard InChI is InChI=1S/C24H24BrFN4O3S/c25-15-9-11-16(12-10-15)27-24(32)30-19-7-3-2-6-18(19)29-23(31)20-14-34-22(28-20)13-33-21-8-4-1-5-17(21)26/h1,4-5,8-12,14,18-19H,2-3,6-7,13H2,(H,29,31)(H2,27,30,32). The maximum atomic E-state index is 13.7. The fraction of sp³-hybridized carbons (Fsp3) is 0.292. The van der Waals surface area contributed by atoms with Crippen molar-refractivity contribution in [2.75, 3.05) is 5.32 Å². The molecule has 3 amide bonds. The first-order valence-corrected chi connectivity index (χ1v) is 12.6. The Balaban J connectivity index is 1.31. The van der Waals surface area contributed by atoms with Crippen molar-refractivity contribution in [2.24, 2.45) is 0 Å². The molecule has 1 heterocycles. The fourth-order valence-corrected chi connectivity index (χ4v) is 4.72. The first-order chi connectivity index (χ1) is 16.5. The number of urea groups is 1. The van der Waals surface area contributed by atoms with Crippen molar-refractivity contribution in [3.05, 3.63) is 74.9 Å². The van der Waals surface area contributed by atoms with Crippen LogP contribution in [-0.2, 0) is 6.61 Å². The van der Waals surface area contributed by atoms with E-state index in [2.05, 4.69) is 36.9 Å². The highest BCUT2D eigenvalue weighted by molar-refractivity contribution is 9.10. The summed E-state index contributed by atoms with van der Waals surface area (Å²) in [5, 5.41) is 11.0. The Kier molecular flexibility index (Phi) is 8.12. The van der Waals surface area contributed by atoms with Crippen LogP contribution in [0.4, 0.5) is 14.9 Å². The molecule has 1 aromatic heterocycles. The lowest BCUT2D eigenvalue weighted by Crippen LogP contribution is -2.54. The zero-order chi connectivity index (χ0) is 23.9. The van der Waals surface area contributed by atoms with Crippen molar-refractivity contribution >= 4 is 44.9 Å². The average Bonchev–Trinajstić information content (AvgIpc) is 3.31. The van der Waals surface area contributed by atoms with Crippen molar-refractivity contribution in [1.82, 2.24) is 15.6 Å². The predicted octanol–water partition coefficient (Wildman–Crippen LogP) is 5.49. The number of carbonyl (C=O) groups is 2. The van der Waals surface area contributed by atoms with E-state index < -0.39 is 5.82 Å². The van der Waals surface area contributed by atoms with Crippen molar-refractivity contribution < 1.29 is 18.7 Å². The number of nitrogens with zero attached hydrogens (tertiary/aromatic N) is 1. The van der Waals surface area contributed by atoms with Crippen LogP contribution in [0.25, 0.3) is 0 Å². The van der Waals surface area contributed by atoms with Gasteiger partial charge in [0.25, 0.3) is 5.91 Å². The number of benzene rings is 2. The Morgan fingerprint density at radius 3 is 2.50 bits per heavy atom. The number of hydrogen-bond donors (Lipinski definition) is 3. The zero-order valence-corrected chi connectivity index (χ0v) is 20.6. The summed E-state index contributed by atoms with van der Waals surface area (Å²) in [4.78, 5) is 29.6. The quantitative estimate of drug-likeness (QED) is 0.365. The highest BCUT2D eigenvalue weighted by atomic mass is 79.9. The Labute approximate surface area is 209 Å². The van der Waals surface area contributed by atoms with E-state index >= 15 is 0 Å². The lowest BCUT2D eigenvalue weighted by Gasteiger charge is -2.32. The van der Waals surface area contributed by atoms with Crippen molar-refractivity contribution in [3.8, 4) is 5.75 Å². The van der Waals surface area contributed by atoms with Gasteiger partial charge in [0.2, 0.25) is 0 Å². The molecule has 10 heteroatoms. The molecular formula is C24H24BrFN4O3S. The molecule has 2 unspecified atom stereocenters. The minimum absolute atomic E-state index is 0.0721. The maximum absolute atomic E-state index is 13.7. The van der Waals surface area contributed by atoms with Gasteiger partial charge in [-0.05, 0) is 49.2 Å². The SMILES string of the molecule is O=C(Nc1ccc(Br)cc1)NC1CCCCC1NC(=O)c1csc(COc2ccccc2F)n1. The summed E-state index contributed by atoms with van der Waals surface area (Å²) in [6.07, 6.45) is 3.49. The number of hydrogen-bond acceptors (Lipinski definition) is 5. The molecule has 2 aromatic carbocycles. The van der Waals surface area contributed by atoms with Gasteiger partial charge in [-0.1, -0.05) is 40.9 Å². The van der Waals surface area contributed by atoms with Crippen LogP contribution in [0.5, 0.6) is 5.75 Å². The Morgan fingerprint density at radius 2 is 1.76 bits per heavy atom. The van der Waals surface area contributed by atoms with Gasteiger partial charge in [-0.3, -0.25) is 4.79 Å². The number of thiazole rings is 1. The smallest absolute Gasteiger partial charge is 0.319 e. The summed E-state index contributed by atoms with van der Waals surface area (Å²) in [6, 6.07) is 12.8. The molecule has 1 saturated carbocycles. The van der Waals surface area contributed by atoms with Gasteiger partial charge in [0.15, 0.2) is 11.6 Å². The molecule has 0 radical (unpaired) electrons. The predicted molar refractivity (Wildman–Crippen MR) is 133 cm³/mol. The number of para-hydroxylation sites is 1. The number of ether oxygens (including phenoxy) is 1. The summed E-state index contributed by atoms with van der Waals surface area (Å²) >= 11 is 4.65. The van der Waals surface area contributed by atoms with Gasteiger partial charge in [0.1, 0.15) is 17.3 Å². The van der Waals surface area contributed by atoms with Crippen LogP contribution >= 0.6 is 27.3 Å². The molecular weight excluding hydrogens is 523 g/mol. The van der Waals surface area contributed by atoms with Crippen LogP contribution in [-0.4, -0.2) is 29.0 Å². The van der Waals surface area contributed by atoms with Gasteiger partial charge in [-0.25, -0.2) is 14.2 Å². The van der Waals surface area contributed by atoms with Crippen LogP contribution in [0.15, 0.2) is 58.4 Å². The van der Waals surface area contributed by atoms with E-state index in [1.165, 1.54) is 17.4 Å². The molecule has 0 bridgehead atoms. The minimum Gasteiger partial charge on any atom is -0.483 e. The largest absolute Gasteiger partial charge is 0.483 e. The van der Waals surface area contributed by atoms with Crippen LogP contribution in [0, 0.1) is 5.82 Å². The van der Waals surface area contributed by atoms with Crippen LogP contribution < -0.4 is 20.7 Å². The highest BCUT2D eigenvalue weighted by Crippen LogP contribution is 2.21. The third kappa shape index (κ3) is 6.54. The average molecular weight is 547 g/mol. The minimum atomic E-state index is -0.447. The molecule has 1 aliphatic carbocycles. The maximum Gasteiger partial charge on any atom is 0.319 e. The second-order valence-electron chi connectivity index (χ2n) is 7.92. The molecule has 3 N–H and O–H groups in total. The monoisotopic (exact) mass is 546 g/mol. The normalized spacial score (nSPS) is 17.6. The molecule has 4 rings (SSSR count). The van der Waals surface area contributed by atoms with Crippen molar-refractivity contribution in [2.45, 2.75) is 44.4 Å². The number of nitrogens with one attached hydrogen (secondary N) is 3. The van der Waals surface area contributed by atoms with E-state index in [1.54, 1.807) is 35.7 Å². The summed E-state index contributed by atoms with van der Waals surface area (Å²) in [5.41, 5.74) is 0.963. The number of halogens is 2. The Bertz CT molecular complexity index is 1140. The molecule has 1 fully saturated rings. The first-order valence-electron chi connectivity index (χ1n) is 10.9. The topological polar surface area (TPSA) is 92.4 Å². The molecule has 0 saturated heterocycles. The van der Waals surface area contributed by atoms with E-state index in [9.17, 15) is 14.0 Å². The van der Waals surface area contributed by atoms with Crippen LogP contribution in [0.3, 0.4) is 0 Å². The lowest BCUT2D eigenvalue weighted by molar-refractivity contribution is 0.0911. The number of anilines is 1. The molecule has 2 atom stereocenters. The van der Waals surface area contributed by atoms with Gasteiger partial charge >= 0.3 is 6.03 Å². The third-order valence-electron chi connectivity index (χ3n) is 5.47. The third-order valence-corrected chi connectivity index (χ3v) is 6.82. The van der Waals surface area contributed by atoms with Gasteiger partial charge in [0, 0.05) is 21.6 Å². The van der Waals surface area contributed by atoms with Gasteiger partial charge in [-0.2, -0.15) is 0 Å². The Morgan fingerprint density at radius 1 is 1.06 bits per heavy atom. The molecule has 7 nitrogen and oxygen atoms in total. The van der Waals surface area contributed by atoms with Crippen molar-refractivity contribution in [3.63, 3.8) is 0 Å². The summed E-state index contributed by atoms with van der Waals surface area (Å²) in [5.74, 6) is -0.612. The first kappa shape index (κ1) is 24.2. The van der Waals surface area contributed by atoms with E-state index in [4.69, 9.17) is 4.74 Å². The summed E-state index contributed by atoms with van der Waals surface area (Å²) in [7, 11) is 0. The van der Waals surface area contributed by atoms with Crippen LogP contribution in [0.2, 0.25) is 0 Å². The lowest BCUT2D eigenvalue weighted by atomic mass is 9.90. The molecule has 1 aliphatic rings. The van der Waals surface area contributed by atoms with E-state index in [0.29, 0.717) is 10.7 Å². The number of amides is 3. The zero-order valence-electron chi connectivity index (χ0n) is 18.2. The van der Waals surface area contributed by atoms with Crippen molar-refractivity contribution in [1.29, 1.82) is 0 Å². The van der Waals surface area contributed by atoms with E-state index in [-0.39, 0.29) is 42.1 Å².